The molecule has 11 rings (SSSR count). The minimum atomic E-state index is -0.102. The summed E-state index contributed by atoms with van der Waals surface area (Å²) in [5.74, 6) is 0. The predicted octanol–water partition coefficient (Wildman–Crippen LogP) is 14.0. The molecule has 54 heavy (non-hydrogen) atoms. The highest BCUT2D eigenvalue weighted by molar-refractivity contribution is 6.11. The third-order valence-electron chi connectivity index (χ3n) is 12.6. The summed E-state index contributed by atoms with van der Waals surface area (Å²) in [6, 6.07) is 63.3. The zero-order valence-electron chi connectivity index (χ0n) is 31.1. The van der Waals surface area contributed by atoms with Crippen molar-refractivity contribution in [3.8, 4) is 27.9 Å². The van der Waals surface area contributed by atoms with Crippen molar-refractivity contribution in [1.82, 2.24) is 4.57 Å². The normalized spacial score (nSPS) is 14.6. The SMILES string of the molecule is CC1(C)c2ccccc2-c2cc(N(c3ccc4c(-n5c6ccccc6c6ccccc65)cccc4c3)c3cccc4c3-c3ccccc3C4(C)C)ccc21. The molecule has 258 valence electrons. The van der Waals surface area contributed by atoms with Gasteiger partial charge in [-0.1, -0.05) is 149 Å². The summed E-state index contributed by atoms with van der Waals surface area (Å²) in [5.41, 5.74) is 17.8. The van der Waals surface area contributed by atoms with E-state index in [1.165, 1.54) is 88.5 Å². The van der Waals surface area contributed by atoms with Gasteiger partial charge in [0, 0.05) is 43.9 Å². The highest BCUT2D eigenvalue weighted by Gasteiger charge is 2.39. The lowest BCUT2D eigenvalue weighted by atomic mass is 9.82. The minimum absolute atomic E-state index is 0.0571. The lowest BCUT2D eigenvalue weighted by Crippen LogP contribution is -2.16. The Morgan fingerprint density at radius 2 is 0.963 bits per heavy atom. The Labute approximate surface area is 316 Å². The van der Waals surface area contributed by atoms with Crippen LogP contribution in [0.2, 0.25) is 0 Å². The van der Waals surface area contributed by atoms with Crippen LogP contribution in [0.3, 0.4) is 0 Å². The van der Waals surface area contributed by atoms with E-state index in [4.69, 9.17) is 0 Å². The van der Waals surface area contributed by atoms with Crippen LogP contribution < -0.4 is 4.90 Å². The van der Waals surface area contributed by atoms with Crippen molar-refractivity contribution in [3.63, 3.8) is 0 Å². The first-order valence-corrected chi connectivity index (χ1v) is 19.1. The molecule has 0 radical (unpaired) electrons. The van der Waals surface area contributed by atoms with Crippen LogP contribution in [0.5, 0.6) is 0 Å². The molecule has 2 heteroatoms. The van der Waals surface area contributed by atoms with Crippen molar-refractivity contribution < 1.29 is 0 Å². The van der Waals surface area contributed by atoms with E-state index in [9.17, 15) is 0 Å². The smallest absolute Gasteiger partial charge is 0.0543 e. The number of nitrogens with zero attached hydrogens (tertiary/aromatic N) is 2. The molecule has 0 saturated carbocycles. The Hall–Kier alpha value is -6.38. The average molecular weight is 693 g/mol. The molecular formula is C52H40N2. The van der Waals surface area contributed by atoms with E-state index in [1.807, 2.05) is 0 Å². The second kappa shape index (κ2) is 11.1. The van der Waals surface area contributed by atoms with Crippen LogP contribution in [-0.4, -0.2) is 4.57 Å². The fraction of sp³-hybridized carbons (Fsp3) is 0.115. The lowest BCUT2D eigenvalue weighted by Gasteiger charge is -2.30. The van der Waals surface area contributed by atoms with Crippen LogP contribution >= 0.6 is 0 Å². The summed E-state index contributed by atoms with van der Waals surface area (Å²) in [6.07, 6.45) is 0. The van der Waals surface area contributed by atoms with E-state index < -0.39 is 0 Å². The van der Waals surface area contributed by atoms with E-state index in [2.05, 4.69) is 207 Å². The Morgan fingerprint density at radius 1 is 0.407 bits per heavy atom. The van der Waals surface area contributed by atoms with Crippen molar-refractivity contribution in [3.05, 3.63) is 192 Å². The third-order valence-corrected chi connectivity index (χ3v) is 12.6. The second-order valence-corrected chi connectivity index (χ2v) is 16.2. The van der Waals surface area contributed by atoms with Gasteiger partial charge in [0.2, 0.25) is 0 Å². The van der Waals surface area contributed by atoms with Gasteiger partial charge in [-0.05, 0) is 92.9 Å². The van der Waals surface area contributed by atoms with Crippen molar-refractivity contribution in [1.29, 1.82) is 0 Å². The van der Waals surface area contributed by atoms with Crippen molar-refractivity contribution in [2.75, 3.05) is 4.90 Å². The molecule has 0 aliphatic heterocycles. The number of aromatic nitrogens is 1. The fourth-order valence-electron chi connectivity index (χ4n) is 9.97. The molecule has 2 aliphatic rings. The van der Waals surface area contributed by atoms with Gasteiger partial charge >= 0.3 is 0 Å². The average Bonchev–Trinajstić information content (AvgIpc) is 3.75. The Morgan fingerprint density at radius 3 is 1.72 bits per heavy atom. The monoisotopic (exact) mass is 692 g/mol. The van der Waals surface area contributed by atoms with Gasteiger partial charge in [0.05, 0.1) is 22.4 Å². The van der Waals surface area contributed by atoms with Crippen LogP contribution in [0.25, 0.3) is 60.5 Å². The molecule has 0 N–H and O–H groups in total. The van der Waals surface area contributed by atoms with Crippen LogP contribution in [0.1, 0.15) is 49.9 Å². The molecule has 0 bridgehead atoms. The van der Waals surface area contributed by atoms with Gasteiger partial charge in [0.25, 0.3) is 0 Å². The van der Waals surface area contributed by atoms with Crippen molar-refractivity contribution in [2.24, 2.45) is 0 Å². The fourth-order valence-corrected chi connectivity index (χ4v) is 9.97. The summed E-state index contributed by atoms with van der Waals surface area (Å²) in [6.45, 7) is 9.45. The summed E-state index contributed by atoms with van der Waals surface area (Å²) in [7, 11) is 0. The summed E-state index contributed by atoms with van der Waals surface area (Å²) in [4.78, 5) is 2.51. The molecule has 0 atom stereocenters. The third kappa shape index (κ3) is 4.17. The largest absolute Gasteiger partial charge is 0.310 e. The van der Waals surface area contributed by atoms with Crippen molar-refractivity contribution in [2.45, 2.75) is 38.5 Å². The van der Waals surface area contributed by atoms with Gasteiger partial charge in [0.15, 0.2) is 0 Å². The molecule has 2 aliphatic carbocycles. The van der Waals surface area contributed by atoms with E-state index in [-0.39, 0.29) is 10.8 Å². The molecule has 0 amide bonds. The van der Waals surface area contributed by atoms with Gasteiger partial charge in [-0.2, -0.15) is 0 Å². The van der Waals surface area contributed by atoms with E-state index in [1.54, 1.807) is 0 Å². The maximum atomic E-state index is 2.51. The van der Waals surface area contributed by atoms with Gasteiger partial charge in [-0.3, -0.25) is 0 Å². The maximum absolute atomic E-state index is 2.51. The first-order chi connectivity index (χ1) is 26.3. The number of rotatable bonds is 4. The molecule has 1 heterocycles. The molecular weight excluding hydrogens is 653 g/mol. The van der Waals surface area contributed by atoms with Crippen LogP contribution in [-0.2, 0) is 10.8 Å². The van der Waals surface area contributed by atoms with E-state index in [0.29, 0.717) is 0 Å². The van der Waals surface area contributed by atoms with Crippen molar-refractivity contribution >= 4 is 49.6 Å². The first kappa shape index (κ1) is 31.2. The molecule has 0 saturated heterocycles. The van der Waals surface area contributed by atoms with Gasteiger partial charge < -0.3 is 9.47 Å². The summed E-state index contributed by atoms with van der Waals surface area (Å²) in [5, 5.41) is 4.98. The lowest BCUT2D eigenvalue weighted by molar-refractivity contribution is 0.660. The van der Waals surface area contributed by atoms with Gasteiger partial charge in [-0.25, -0.2) is 0 Å². The topological polar surface area (TPSA) is 8.17 Å². The number of hydrogen-bond acceptors (Lipinski definition) is 1. The molecule has 9 aromatic rings. The zero-order valence-corrected chi connectivity index (χ0v) is 31.1. The molecule has 8 aromatic carbocycles. The van der Waals surface area contributed by atoms with Gasteiger partial charge in [-0.15, -0.1) is 0 Å². The zero-order chi connectivity index (χ0) is 36.3. The number of anilines is 3. The summed E-state index contributed by atoms with van der Waals surface area (Å²) >= 11 is 0. The molecule has 0 spiro atoms. The first-order valence-electron chi connectivity index (χ1n) is 19.1. The molecule has 2 nitrogen and oxygen atoms in total. The van der Waals surface area contributed by atoms with Gasteiger partial charge in [0.1, 0.15) is 0 Å². The molecule has 0 fully saturated rings. The highest BCUT2D eigenvalue weighted by Crippen LogP contribution is 2.56. The van der Waals surface area contributed by atoms with E-state index >= 15 is 0 Å². The molecule has 0 unspecified atom stereocenters. The maximum Gasteiger partial charge on any atom is 0.0543 e. The Balaban J connectivity index is 1.16. The minimum Gasteiger partial charge on any atom is -0.310 e. The van der Waals surface area contributed by atoms with Crippen LogP contribution in [0.15, 0.2) is 170 Å². The standard InChI is InChI=1S/C52H40N2/c1-51(2)42-20-9-5-16-37(42)41-32-35(28-30-44(41)51)53(49-26-14-22-45-50(49)40-19-6-10-21-43(40)52(45,3)4)34-27-29-36-33(31-34)15-13-25-46(36)54-47-23-11-7-17-38(47)39-18-8-12-24-48(39)54/h5-32H,1-4H3. The van der Waals surface area contributed by atoms with Crippen LogP contribution in [0.4, 0.5) is 17.1 Å². The second-order valence-electron chi connectivity index (χ2n) is 16.2. The molecule has 1 aromatic heterocycles. The highest BCUT2D eigenvalue weighted by atomic mass is 15.1. The number of fused-ring (bicyclic) bond motifs is 10. The number of benzene rings is 8. The summed E-state index contributed by atoms with van der Waals surface area (Å²) < 4.78 is 2.44. The Kier molecular flexibility index (Phi) is 6.39. The van der Waals surface area contributed by atoms with Crippen LogP contribution in [0, 0.1) is 0 Å². The predicted molar refractivity (Wildman–Crippen MR) is 228 cm³/mol. The Bertz CT molecular complexity index is 2960. The number of hydrogen-bond donors (Lipinski definition) is 0. The van der Waals surface area contributed by atoms with E-state index in [0.717, 1.165) is 11.4 Å². The quantitative estimate of drug-likeness (QED) is 0.178. The number of para-hydroxylation sites is 2.